The zero-order chi connectivity index (χ0) is 15.4. The quantitative estimate of drug-likeness (QED) is 0.891. The van der Waals surface area contributed by atoms with Gasteiger partial charge in [0.1, 0.15) is 5.82 Å². The molecule has 0 spiro atoms. The molecule has 5 heteroatoms. The lowest BCUT2D eigenvalue weighted by atomic mass is 10.1. The van der Waals surface area contributed by atoms with Crippen molar-refractivity contribution in [2.75, 3.05) is 23.3 Å². The van der Waals surface area contributed by atoms with Crippen LogP contribution in [-0.2, 0) is 0 Å². The minimum Gasteiger partial charge on any atom is -0.369 e. The van der Waals surface area contributed by atoms with Crippen LogP contribution in [0.5, 0.6) is 0 Å². The first-order chi connectivity index (χ1) is 9.97. The molecule has 1 aliphatic rings. The minimum atomic E-state index is -0.301. The number of hydrogen-bond acceptors (Lipinski definition) is 2. The first kappa shape index (κ1) is 15.6. The molecule has 2 rings (SSSR count). The van der Waals surface area contributed by atoms with Gasteiger partial charge in [-0.05, 0) is 43.9 Å². The third kappa shape index (κ3) is 4.09. The highest BCUT2D eigenvalue weighted by Gasteiger charge is 2.17. The van der Waals surface area contributed by atoms with E-state index in [0.717, 1.165) is 25.9 Å². The number of benzene rings is 1. The molecule has 1 aromatic rings. The molecule has 21 heavy (non-hydrogen) atoms. The number of hydrogen-bond donors (Lipinski definition) is 2. The number of nitrogens with one attached hydrogen (secondary N) is 2. The molecular formula is C16H24FN3O. The molecule has 0 aliphatic carbocycles. The van der Waals surface area contributed by atoms with E-state index in [1.54, 1.807) is 12.1 Å². The Labute approximate surface area is 125 Å². The van der Waals surface area contributed by atoms with Crippen molar-refractivity contribution in [1.82, 2.24) is 5.32 Å². The summed E-state index contributed by atoms with van der Waals surface area (Å²) in [6.07, 6.45) is 2.21. The standard InChI is InChI=1S/C16H24FN3O/c1-11(2)12(3)18-16(21)19-13-6-7-15(14(17)10-13)20-8-4-5-9-20/h6-7,10-12H,4-5,8-9H2,1-3H3,(H2,18,19,21). The van der Waals surface area contributed by atoms with Gasteiger partial charge >= 0.3 is 6.03 Å². The van der Waals surface area contributed by atoms with Gasteiger partial charge in [0.25, 0.3) is 0 Å². The smallest absolute Gasteiger partial charge is 0.319 e. The lowest BCUT2D eigenvalue weighted by Crippen LogP contribution is -2.39. The molecule has 0 bridgehead atoms. The van der Waals surface area contributed by atoms with Gasteiger partial charge in [-0.25, -0.2) is 9.18 Å². The molecule has 0 aromatic heterocycles. The molecule has 2 N–H and O–H groups in total. The second kappa shape index (κ2) is 6.78. The topological polar surface area (TPSA) is 44.4 Å². The highest BCUT2D eigenvalue weighted by Crippen LogP contribution is 2.26. The van der Waals surface area contributed by atoms with Crippen molar-refractivity contribution in [2.24, 2.45) is 5.92 Å². The molecule has 116 valence electrons. The SMILES string of the molecule is CC(C)C(C)NC(=O)Nc1ccc(N2CCCC2)c(F)c1. The summed E-state index contributed by atoms with van der Waals surface area (Å²) in [7, 11) is 0. The molecule has 1 atom stereocenters. The van der Waals surface area contributed by atoms with E-state index in [9.17, 15) is 9.18 Å². The van der Waals surface area contributed by atoms with Gasteiger partial charge in [0.15, 0.2) is 0 Å². The fraction of sp³-hybridized carbons (Fsp3) is 0.562. The zero-order valence-electron chi connectivity index (χ0n) is 12.9. The van der Waals surface area contributed by atoms with Gasteiger partial charge in [0.2, 0.25) is 0 Å². The van der Waals surface area contributed by atoms with Crippen LogP contribution < -0.4 is 15.5 Å². The van der Waals surface area contributed by atoms with Crippen LogP contribution in [0.3, 0.4) is 0 Å². The van der Waals surface area contributed by atoms with Gasteiger partial charge in [-0.1, -0.05) is 13.8 Å². The average molecular weight is 293 g/mol. The third-order valence-corrected chi connectivity index (χ3v) is 4.01. The van der Waals surface area contributed by atoms with Crippen molar-refractivity contribution < 1.29 is 9.18 Å². The van der Waals surface area contributed by atoms with Crippen molar-refractivity contribution in [2.45, 2.75) is 39.7 Å². The zero-order valence-corrected chi connectivity index (χ0v) is 12.9. The Morgan fingerprint density at radius 3 is 2.48 bits per heavy atom. The van der Waals surface area contributed by atoms with E-state index >= 15 is 0 Å². The summed E-state index contributed by atoms with van der Waals surface area (Å²) in [5.41, 5.74) is 1.10. The van der Waals surface area contributed by atoms with Crippen molar-refractivity contribution in [1.29, 1.82) is 0 Å². The Kier molecular flexibility index (Phi) is 5.04. The van der Waals surface area contributed by atoms with Crippen LogP contribution in [-0.4, -0.2) is 25.2 Å². The Balaban J connectivity index is 1.98. The molecule has 0 radical (unpaired) electrons. The van der Waals surface area contributed by atoms with Gasteiger partial charge in [-0.3, -0.25) is 0 Å². The molecule has 1 saturated heterocycles. The molecule has 0 saturated carbocycles. The Hall–Kier alpha value is -1.78. The molecule has 2 amide bonds. The lowest BCUT2D eigenvalue weighted by Gasteiger charge is -2.20. The van der Waals surface area contributed by atoms with Crippen LogP contribution in [0.25, 0.3) is 0 Å². The van der Waals surface area contributed by atoms with Crippen molar-refractivity contribution in [3.05, 3.63) is 24.0 Å². The molecule has 1 aliphatic heterocycles. The number of anilines is 2. The predicted molar refractivity (Wildman–Crippen MR) is 84.3 cm³/mol. The van der Waals surface area contributed by atoms with E-state index in [1.165, 1.54) is 6.07 Å². The van der Waals surface area contributed by atoms with Crippen molar-refractivity contribution in [3.8, 4) is 0 Å². The van der Waals surface area contributed by atoms with Crippen LogP contribution >= 0.6 is 0 Å². The largest absolute Gasteiger partial charge is 0.369 e. The van der Waals surface area contributed by atoms with E-state index in [2.05, 4.69) is 10.6 Å². The fourth-order valence-electron chi connectivity index (χ4n) is 2.34. The maximum absolute atomic E-state index is 14.1. The van der Waals surface area contributed by atoms with Gasteiger partial charge in [-0.2, -0.15) is 0 Å². The molecule has 4 nitrogen and oxygen atoms in total. The maximum Gasteiger partial charge on any atom is 0.319 e. The molecule has 1 aromatic carbocycles. The average Bonchev–Trinajstić information content (AvgIpc) is 2.92. The first-order valence-corrected chi connectivity index (χ1v) is 7.59. The number of carbonyl (C=O) groups excluding carboxylic acids is 1. The molecule has 1 fully saturated rings. The number of rotatable bonds is 4. The number of carbonyl (C=O) groups is 1. The minimum absolute atomic E-state index is 0.0683. The van der Waals surface area contributed by atoms with E-state index in [0.29, 0.717) is 17.3 Å². The predicted octanol–water partition coefficient (Wildman–Crippen LogP) is 3.59. The van der Waals surface area contributed by atoms with Gasteiger partial charge < -0.3 is 15.5 Å². The normalized spacial score (nSPS) is 16.1. The second-order valence-electron chi connectivity index (χ2n) is 5.99. The summed E-state index contributed by atoms with van der Waals surface area (Å²) in [6, 6.07) is 4.63. The summed E-state index contributed by atoms with van der Waals surface area (Å²) in [6.45, 7) is 7.82. The highest BCUT2D eigenvalue weighted by molar-refractivity contribution is 5.89. The van der Waals surface area contributed by atoms with Gasteiger partial charge in [-0.15, -0.1) is 0 Å². The number of nitrogens with zero attached hydrogens (tertiary/aromatic N) is 1. The van der Waals surface area contributed by atoms with Gasteiger partial charge in [0.05, 0.1) is 5.69 Å². The Morgan fingerprint density at radius 1 is 1.24 bits per heavy atom. The van der Waals surface area contributed by atoms with E-state index in [-0.39, 0.29) is 17.9 Å². The van der Waals surface area contributed by atoms with Crippen molar-refractivity contribution in [3.63, 3.8) is 0 Å². The third-order valence-electron chi connectivity index (χ3n) is 4.01. The van der Waals surface area contributed by atoms with Crippen LogP contribution in [0.2, 0.25) is 0 Å². The van der Waals surface area contributed by atoms with Crippen molar-refractivity contribution >= 4 is 17.4 Å². The number of halogens is 1. The van der Waals surface area contributed by atoms with Crippen LogP contribution in [0.4, 0.5) is 20.6 Å². The molecule has 1 unspecified atom stereocenters. The number of urea groups is 1. The van der Waals surface area contributed by atoms with E-state index in [1.807, 2.05) is 25.7 Å². The summed E-state index contributed by atoms with van der Waals surface area (Å²) < 4.78 is 14.1. The van der Waals surface area contributed by atoms with E-state index in [4.69, 9.17) is 0 Å². The first-order valence-electron chi connectivity index (χ1n) is 7.59. The summed E-state index contributed by atoms with van der Waals surface area (Å²) in [5.74, 6) is 0.0663. The summed E-state index contributed by atoms with van der Waals surface area (Å²) >= 11 is 0. The maximum atomic E-state index is 14.1. The monoisotopic (exact) mass is 293 g/mol. The Bertz CT molecular complexity index is 498. The molecular weight excluding hydrogens is 269 g/mol. The summed E-state index contributed by atoms with van der Waals surface area (Å²) in [5, 5.41) is 5.51. The van der Waals surface area contributed by atoms with Crippen LogP contribution in [0.1, 0.15) is 33.6 Å². The van der Waals surface area contributed by atoms with Crippen LogP contribution in [0, 0.1) is 11.7 Å². The van der Waals surface area contributed by atoms with Gasteiger partial charge in [0, 0.05) is 24.8 Å². The number of amides is 2. The Morgan fingerprint density at radius 2 is 1.90 bits per heavy atom. The van der Waals surface area contributed by atoms with E-state index < -0.39 is 0 Å². The summed E-state index contributed by atoms with van der Waals surface area (Å²) in [4.78, 5) is 13.9. The second-order valence-corrected chi connectivity index (χ2v) is 5.99. The lowest BCUT2D eigenvalue weighted by molar-refractivity contribution is 0.246. The molecule has 1 heterocycles. The highest BCUT2D eigenvalue weighted by atomic mass is 19.1. The van der Waals surface area contributed by atoms with Crippen LogP contribution in [0.15, 0.2) is 18.2 Å². The fourth-order valence-corrected chi connectivity index (χ4v) is 2.34.